The van der Waals surface area contributed by atoms with Gasteiger partial charge in [0.15, 0.2) is 0 Å². The molecular formula is C12H14N4O. The van der Waals surface area contributed by atoms with E-state index in [9.17, 15) is 4.79 Å². The van der Waals surface area contributed by atoms with Gasteiger partial charge in [0, 0.05) is 23.5 Å². The maximum absolute atomic E-state index is 11.7. The summed E-state index contributed by atoms with van der Waals surface area (Å²) in [5, 5.41) is 0. The standard InChI is InChI=1S/C12H14N4O/c1-9-4-2-6-11(17)16(9)8-10-5-3-7-14-12(10)15-13/h2-7H,8,13H2,1H3,(H,14,15). The fraction of sp³-hybridized carbons (Fsp3) is 0.167. The molecule has 0 fully saturated rings. The van der Waals surface area contributed by atoms with Crippen LogP contribution in [0.15, 0.2) is 41.3 Å². The van der Waals surface area contributed by atoms with Crippen LogP contribution < -0.4 is 16.8 Å². The van der Waals surface area contributed by atoms with Crippen LogP contribution in [-0.4, -0.2) is 9.55 Å². The summed E-state index contributed by atoms with van der Waals surface area (Å²) in [6.45, 7) is 2.35. The molecular weight excluding hydrogens is 216 g/mol. The predicted octanol–water partition coefficient (Wildman–Crippen LogP) is 0.886. The van der Waals surface area contributed by atoms with Crippen LogP contribution in [0.2, 0.25) is 0 Å². The van der Waals surface area contributed by atoms with Crippen molar-refractivity contribution in [3.8, 4) is 0 Å². The Balaban J connectivity index is 2.41. The van der Waals surface area contributed by atoms with Crippen LogP contribution in [-0.2, 0) is 6.54 Å². The summed E-state index contributed by atoms with van der Waals surface area (Å²) in [6, 6.07) is 8.90. The molecule has 17 heavy (non-hydrogen) atoms. The molecule has 0 aromatic carbocycles. The van der Waals surface area contributed by atoms with Crippen LogP contribution in [0.4, 0.5) is 5.82 Å². The normalized spacial score (nSPS) is 10.2. The number of hydrogen-bond acceptors (Lipinski definition) is 4. The van der Waals surface area contributed by atoms with Gasteiger partial charge in [-0.05, 0) is 19.1 Å². The number of rotatable bonds is 3. The number of nitrogens with one attached hydrogen (secondary N) is 1. The first-order valence-electron chi connectivity index (χ1n) is 5.29. The maximum Gasteiger partial charge on any atom is 0.251 e. The average Bonchev–Trinajstić information content (AvgIpc) is 2.34. The van der Waals surface area contributed by atoms with Gasteiger partial charge in [0.2, 0.25) is 0 Å². The molecule has 3 N–H and O–H groups in total. The van der Waals surface area contributed by atoms with Crippen molar-refractivity contribution < 1.29 is 0 Å². The second-order valence-electron chi connectivity index (χ2n) is 3.75. The van der Waals surface area contributed by atoms with Crippen molar-refractivity contribution in [3.63, 3.8) is 0 Å². The third-order valence-electron chi connectivity index (χ3n) is 2.62. The minimum Gasteiger partial charge on any atom is -0.308 e. The zero-order chi connectivity index (χ0) is 12.3. The number of hydrogen-bond donors (Lipinski definition) is 2. The second kappa shape index (κ2) is 4.80. The molecule has 2 aromatic rings. The van der Waals surface area contributed by atoms with Crippen molar-refractivity contribution in [2.24, 2.45) is 5.84 Å². The van der Waals surface area contributed by atoms with Crippen LogP contribution >= 0.6 is 0 Å². The lowest BCUT2D eigenvalue weighted by Crippen LogP contribution is -2.22. The van der Waals surface area contributed by atoms with Crippen molar-refractivity contribution in [3.05, 3.63) is 58.1 Å². The lowest BCUT2D eigenvalue weighted by Gasteiger charge is -2.11. The van der Waals surface area contributed by atoms with E-state index in [0.29, 0.717) is 12.4 Å². The number of anilines is 1. The van der Waals surface area contributed by atoms with Gasteiger partial charge in [-0.15, -0.1) is 0 Å². The van der Waals surface area contributed by atoms with Gasteiger partial charge in [0.05, 0.1) is 6.54 Å². The van der Waals surface area contributed by atoms with Crippen LogP contribution in [0.1, 0.15) is 11.3 Å². The van der Waals surface area contributed by atoms with E-state index in [2.05, 4.69) is 10.4 Å². The molecule has 0 saturated carbocycles. The average molecular weight is 230 g/mol. The first kappa shape index (κ1) is 11.3. The Bertz CT molecular complexity index is 577. The Labute approximate surface area is 98.9 Å². The summed E-state index contributed by atoms with van der Waals surface area (Å²) in [4.78, 5) is 15.8. The number of nitrogens with zero attached hydrogens (tertiary/aromatic N) is 2. The predicted molar refractivity (Wildman–Crippen MR) is 66.6 cm³/mol. The summed E-state index contributed by atoms with van der Waals surface area (Å²) in [5.74, 6) is 5.97. The number of aromatic nitrogens is 2. The molecule has 0 radical (unpaired) electrons. The molecule has 0 amide bonds. The first-order chi connectivity index (χ1) is 8.22. The molecule has 2 heterocycles. The molecule has 0 aliphatic heterocycles. The number of nitrogens with two attached hydrogens (primary N) is 1. The lowest BCUT2D eigenvalue weighted by atomic mass is 10.2. The Kier molecular flexibility index (Phi) is 3.20. The Morgan fingerprint density at radius 1 is 1.35 bits per heavy atom. The highest BCUT2D eigenvalue weighted by molar-refractivity contribution is 5.42. The minimum atomic E-state index is -0.0307. The molecule has 5 heteroatoms. The Morgan fingerprint density at radius 3 is 2.88 bits per heavy atom. The van der Waals surface area contributed by atoms with Gasteiger partial charge in [0.1, 0.15) is 5.82 Å². The van der Waals surface area contributed by atoms with Crippen molar-refractivity contribution in [1.29, 1.82) is 0 Å². The number of nitrogen functional groups attached to an aromatic ring is 1. The maximum atomic E-state index is 11.7. The zero-order valence-electron chi connectivity index (χ0n) is 9.55. The topological polar surface area (TPSA) is 72.9 Å². The van der Waals surface area contributed by atoms with Crippen LogP contribution in [0.3, 0.4) is 0 Å². The van der Waals surface area contributed by atoms with E-state index >= 15 is 0 Å². The SMILES string of the molecule is Cc1cccc(=O)n1Cc1cccnc1NN. The van der Waals surface area contributed by atoms with Crippen molar-refractivity contribution >= 4 is 5.82 Å². The highest BCUT2D eigenvalue weighted by Gasteiger charge is 2.05. The van der Waals surface area contributed by atoms with E-state index in [4.69, 9.17) is 5.84 Å². The molecule has 0 spiro atoms. The van der Waals surface area contributed by atoms with Crippen LogP contribution in [0.25, 0.3) is 0 Å². The highest BCUT2D eigenvalue weighted by atomic mass is 16.1. The van der Waals surface area contributed by atoms with Gasteiger partial charge < -0.3 is 9.99 Å². The monoisotopic (exact) mass is 230 g/mol. The van der Waals surface area contributed by atoms with Gasteiger partial charge in [-0.2, -0.15) is 0 Å². The molecule has 0 atom stereocenters. The largest absolute Gasteiger partial charge is 0.308 e. The summed E-state index contributed by atoms with van der Waals surface area (Å²) in [5.41, 5.74) is 4.29. The summed E-state index contributed by atoms with van der Waals surface area (Å²) in [7, 11) is 0. The molecule has 0 unspecified atom stereocenters. The molecule has 0 aliphatic carbocycles. The number of aryl methyl sites for hydroxylation is 1. The van der Waals surface area contributed by atoms with E-state index in [1.165, 1.54) is 0 Å². The molecule has 88 valence electrons. The molecule has 2 rings (SSSR count). The summed E-state index contributed by atoms with van der Waals surface area (Å²) in [6.07, 6.45) is 1.65. The fourth-order valence-corrected chi connectivity index (χ4v) is 1.69. The number of pyridine rings is 2. The lowest BCUT2D eigenvalue weighted by molar-refractivity contribution is 0.728. The fourth-order valence-electron chi connectivity index (χ4n) is 1.69. The Morgan fingerprint density at radius 2 is 2.18 bits per heavy atom. The molecule has 0 aliphatic rings. The Hall–Kier alpha value is -2.14. The van der Waals surface area contributed by atoms with E-state index in [0.717, 1.165) is 11.3 Å². The minimum absolute atomic E-state index is 0.0307. The van der Waals surface area contributed by atoms with Crippen molar-refractivity contribution in [2.75, 3.05) is 5.43 Å². The van der Waals surface area contributed by atoms with E-state index < -0.39 is 0 Å². The zero-order valence-corrected chi connectivity index (χ0v) is 9.55. The highest BCUT2D eigenvalue weighted by Crippen LogP contribution is 2.11. The number of hydrazine groups is 1. The van der Waals surface area contributed by atoms with Crippen molar-refractivity contribution in [2.45, 2.75) is 13.5 Å². The van der Waals surface area contributed by atoms with Crippen molar-refractivity contribution in [1.82, 2.24) is 9.55 Å². The van der Waals surface area contributed by atoms with Gasteiger partial charge in [-0.1, -0.05) is 12.1 Å². The smallest absolute Gasteiger partial charge is 0.251 e. The summed E-state index contributed by atoms with van der Waals surface area (Å²) >= 11 is 0. The molecule has 2 aromatic heterocycles. The van der Waals surface area contributed by atoms with Gasteiger partial charge in [0.25, 0.3) is 5.56 Å². The van der Waals surface area contributed by atoms with E-state index in [1.54, 1.807) is 22.9 Å². The third-order valence-corrected chi connectivity index (χ3v) is 2.62. The second-order valence-corrected chi connectivity index (χ2v) is 3.75. The van der Waals surface area contributed by atoms with Gasteiger partial charge in [-0.25, -0.2) is 10.8 Å². The van der Waals surface area contributed by atoms with Gasteiger partial charge >= 0.3 is 0 Å². The van der Waals surface area contributed by atoms with Crippen LogP contribution in [0.5, 0.6) is 0 Å². The quantitative estimate of drug-likeness (QED) is 0.606. The van der Waals surface area contributed by atoms with Crippen LogP contribution in [0, 0.1) is 6.92 Å². The van der Waals surface area contributed by atoms with Gasteiger partial charge in [-0.3, -0.25) is 4.79 Å². The van der Waals surface area contributed by atoms with E-state index in [1.807, 2.05) is 25.1 Å². The molecule has 0 bridgehead atoms. The molecule has 0 saturated heterocycles. The van der Waals surface area contributed by atoms with E-state index in [-0.39, 0.29) is 5.56 Å². The third kappa shape index (κ3) is 2.34. The molecule has 5 nitrogen and oxygen atoms in total. The first-order valence-corrected chi connectivity index (χ1v) is 5.29. The summed E-state index contributed by atoms with van der Waals surface area (Å²) < 4.78 is 1.68.